The van der Waals surface area contributed by atoms with Gasteiger partial charge in [0.2, 0.25) is 15.9 Å². The van der Waals surface area contributed by atoms with Gasteiger partial charge in [-0.05, 0) is 66.8 Å². The molecule has 1 saturated heterocycles. The third-order valence-corrected chi connectivity index (χ3v) is 9.83. The second-order valence-electron chi connectivity index (χ2n) is 9.85. The molecule has 1 saturated carbocycles. The van der Waals surface area contributed by atoms with Crippen LogP contribution in [0.15, 0.2) is 42.5 Å². The van der Waals surface area contributed by atoms with Crippen LogP contribution in [-0.2, 0) is 26.7 Å². The molecule has 2 fully saturated rings. The van der Waals surface area contributed by atoms with Crippen molar-refractivity contribution in [3.63, 3.8) is 0 Å². The number of nitrogens with one attached hydrogen (secondary N) is 2. The maximum absolute atomic E-state index is 12.4. The second-order valence-corrected chi connectivity index (χ2v) is 12.3. The van der Waals surface area contributed by atoms with E-state index in [1.165, 1.54) is 34.9 Å². The van der Waals surface area contributed by atoms with Gasteiger partial charge in [0.05, 0.1) is 0 Å². The van der Waals surface area contributed by atoms with Crippen LogP contribution in [0.3, 0.4) is 0 Å². The Hall–Kier alpha value is -2.13. The van der Waals surface area contributed by atoms with E-state index in [1.54, 1.807) is 0 Å². The number of benzene rings is 2. The van der Waals surface area contributed by atoms with Crippen molar-refractivity contribution in [1.82, 2.24) is 14.9 Å². The van der Waals surface area contributed by atoms with Gasteiger partial charge >= 0.3 is 0 Å². The Morgan fingerprint density at radius 1 is 1.20 bits per heavy atom. The van der Waals surface area contributed by atoms with Gasteiger partial charge in [-0.15, -0.1) is 0 Å². The summed E-state index contributed by atoms with van der Waals surface area (Å²) in [7, 11) is -3.46. The van der Waals surface area contributed by atoms with Gasteiger partial charge in [-0.2, -0.15) is 0 Å². The molecule has 5 rings (SSSR count). The Bertz CT molecular complexity index is 1190. The van der Waals surface area contributed by atoms with Crippen LogP contribution in [0.1, 0.15) is 48.9 Å². The third kappa shape index (κ3) is 4.81. The second kappa shape index (κ2) is 9.73. The molecule has 0 bridgehead atoms. The highest BCUT2D eigenvalue weighted by Gasteiger charge is 2.47. The van der Waals surface area contributed by atoms with E-state index in [4.69, 9.17) is 16.3 Å². The minimum atomic E-state index is -3.46. The summed E-state index contributed by atoms with van der Waals surface area (Å²) in [6, 6.07) is 14.7. The quantitative estimate of drug-likeness (QED) is 0.525. The number of fused-ring (bicyclic) bond motifs is 1. The molecule has 9 heteroatoms. The zero-order valence-electron chi connectivity index (χ0n) is 19.9. The number of sulfonamides is 1. The van der Waals surface area contributed by atoms with Gasteiger partial charge in [-0.3, -0.25) is 4.79 Å². The molecule has 2 aromatic rings. The highest BCUT2D eigenvalue weighted by Crippen LogP contribution is 2.53. The summed E-state index contributed by atoms with van der Waals surface area (Å²) < 4.78 is 33.4. The molecule has 0 spiro atoms. The molecule has 2 heterocycles. The van der Waals surface area contributed by atoms with Crippen molar-refractivity contribution in [3.05, 3.63) is 64.2 Å². The largest absolute Gasteiger partial charge is 0.492 e. The van der Waals surface area contributed by atoms with E-state index in [0.29, 0.717) is 0 Å². The molecule has 2 aliphatic heterocycles. The normalized spacial score (nSPS) is 21.5. The first-order valence-corrected chi connectivity index (χ1v) is 14.2. The SMILES string of the molecule is CC(=O)N1CC(S(=O)(=O)NCCOc2ccc3c(c2)C(C2(c4ccc(Cl)cc4)CCC2)NCC3)C1. The Balaban J connectivity index is 1.24. The fourth-order valence-corrected chi connectivity index (χ4v) is 7.04. The van der Waals surface area contributed by atoms with Gasteiger partial charge in [0, 0.05) is 43.0 Å². The molecule has 1 unspecified atom stereocenters. The molecule has 0 radical (unpaired) electrons. The molecular formula is C26H32ClN3O4S. The molecule has 35 heavy (non-hydrogen) atoms. The summed E-state index contributed by atoms with van der Waals surface area (Å²) in [5.74, 6) is 0.647. The van der Waals surface area contributed by atoms with Gasteiger partial charge in [0.1, 0.15) is 17.6 Å². The summed E-state index contributed by atoms with van der Waals surface area (Å²) in [6.07, 6.45) is 4.43. The molecule has 3 aliphatic rings. The van der Waals surface area contributed by atoms with E-state index in [1.807, 2.05) is 18.2 Å². The fourth-order valence-electron chi connectivity index (χ4n) is 5.56. The lowest BCUT2D eigenvalue weighted by atomic mass is 9.58. The molecule has 1 amide bonds. The standard InChI is InChI=1S/C26H32ClN3O4S/c1-18(31)30-16-23(17-30)35(32,33)29-13-14-34-22-8-3-19-9-12-28-25(24(19)15-22)26(10-2-11-26)20-4-6-21(27)7-5-20/h3-8,15,23,25,28-29H,2,9-14,16-17H2,1H3. The molecule has 0 aromatic heterocycles. The Labute approximate surface area is 212 Å². The van der Waals surface area contributed by atoms with Gasteiger partial charge < -0.3 is 15.0 Å². The van der Waals surface area contributed by atoms with Gasteiger partial charge in [0.25, 0.3) is 0 Å². The van der Waals surface area contributed by atoms with Crippen LogP contribution in [0.25, 0.3) is 0 Å². The monoisotopic (exact) mass is 517 g/mol. The lowest BCUT2D eigenvalue weighted by molar-refractivity contribution is -0.131. The molecule has 2 aromatic carbocycles. The minimum absolute atomic E-state index is 0.0462. The average Bonchev–Trinajstić information content (AvgIpc) is 2.76. The lowest BCUT2D eigenvalue weighted by Gasteiger charge is -2.50. The number of rotatable bonds is 8. The molecule has 2 N–H and O–H groups in total. The first kappa shape index (κ1) is 24.6. The summed E-state index contributed by atoms with van der Waals surface area (Å²) in [6.45, 7) is 3.32. The zero-order chi connectivity index (χ0) is 24.6. The van der Waals surface area contributed by atoms with Crippen LogP contribution in [-0.4, -0.2) is 57.3 Å². The van der Waals surface area contributed by atoms with Crippen molar-refractivity contribution in [2.45, 2.75) is 49.3 Å². The van der Waals surface area contributed by atoms with Crippen LogP contribution in [0.2, 0.25) is 5.02 Å². The maximum atomic E-state index is 12.4. The number of carbonyl (C=O) groups excluding carboxylic acids is 1. The predicted octanol–water partition coefficient (Wildman–Crippen LogP) is 3.18. The summed E-state index contributed by atoms with van der Waals surface area (Å²) in [5.41, 5.74) is 3.97. The number of hydrogen-bond acceptors (Lipinski definition) is 5. The van der Waals surface area contributed by atoms with Crippen LogP contribution in [0.5, 0.6) is 5.75 Å². The predicted molar refractivity (Wildman–Crippen MR) is 136 cm³/mol. The van der Waals surface area contributed by atoms with Crippen molar-refractivity contribution < 1.29 is 17.9 Å². The smallest absolute Gasteiger partial charge is 0.219 e. The van der Waals surface area contributed by atoms with Crippen molar-refractivity contribution >= 4 is 27.5 Å². The van der Waals surface area contributed by atoms with E-state index < -0.39 is 15.3 Å². The van der Waals surface area contributed by atoms with Crippen LogP contribution in [0.4, 0.5) is 0 Å². The van der Waals surface area contributed by atoms with Gasteiger partial charge in [-0.25, -0.2) is 13.1 Å². The van der Waals surface area contributed by atoms with E-state index in [0.717, 1.165) is 36.6 Å². The Kier molecular flexibility index (Phi) is 6.83. The Morgan fingerprint density at radius 2 is 1.94 bits per heavy atom. The number of amides is 1. The first-order valence-electron chi connectivity index (χ1n) is 12.3. The lowest BCUT2D eigenvalue weighted by Crippen LogP contribution is -2.59. The van der Waals surface area contributed by atoms with Crippen LogP contribution >= 0.6 is 11.6 Å². The number of hydrogen-bond donors (Lipinski definition) is 2. The molecule has 7 nitrogen and oxygen atoms in total. The number of nitrogens with zero attached hydrogens (tertiary/aromatic N) is 1. The van der Waals surface area contributed by atoms with Crippen LogP contribution in [0, 0.1) is 0 Å². The number of carbonyl (C=O) groups is 1. The van der Waals surface area contributed by atoms with Gasteiger partial charge in [0.15, 0.2) is 0 Å². The summed E-state index contributed by atoms with van der Waals surface area (Å²) in [5, 5.41) is 3.98. The van der Waals surface area contributed by atoms with Crippen molar-refractivity contribution in [1.29, 1.82) is 0 Å². The number of likely N-dealkylation sites (tertiary alicyclic amines) is 1. The van der Waals surface area contributed by atoms with E-state index in [-0.39, 0.29) is 43.6 Å². The molecule has 1 atom stereocenters. The average molecular weight is 518 g/mol. The van der Waals surface area contributed by atoms with E-state index in [2.05, 4.69) is 34.3 Å². The number of ether oxygens (including phenoxy) is 1. The fraction of sp³-hybridized carbons (Fsp3) is 0.500. The highest BCUT2D eigenvalue weighted by molar-refractivity contribution is 7.90. The van der Waals surface area contributed by atoms with Crippen molar-refractivity contribution in [3.8, 4) is 5.75 Å². The van der Waals surface area contributed by atoms with Crippen molar-refractivity contribution in [2.24, 2.45) is 0 Å². The Morgan fingerprint density at radius 3 is 2.60 bits per heavy atom. The third-order valence-electron chi connectivity index (χ3n) is 7.79. The van der Waals surface area contributed by atoms with Gasteiger partial charge in [-0.1, -0.05) is 36.2 Å². The maximum Gasteiger partial charge on any atom is 0.219 e. The molecular weight excluding hydrogens is 486 g/mol. The van der Waals surface area contributed by atoms with Crippen molar-refractivity contribution in [2.75, 3.05) is 32.8 Å². The van der Waals surface area contributed by atoms with Crippen LogP contribution < -0.4 is 14.8 Å². The highest BCUT2D eigenvalue weighted by atomic mass is 35.5. The topological polar surface area (TPSA) is 87.7 Å². The first-order chi connectivity index (χ1) is 16.8. The summed E-state index contributed by atoms with van der Waals surface area (Å²) in [4.78, 5) is 12.8. The van der Waals surface area contributed by atoms with E-state index in [9.17, 15) is 13.2 Å². The summed E-state index contributed by atoms with van der Waals surface area (Å²) >= 11 is 6.16. The zero-order valence-corrected chi connectivity index (χ0v) is 21.5. The number of halogens is 1. The molecule has 1 aliphatic carbocycles. The molecule has 188 valence electrons. The van der Waals surface area contributed by atoms with E-state index >= 15 is 0 Å². The minimum Gasteiger partial charge on any atom is -0.492 e.